The van der Waals surface area contributed by atoms with E-state index in [4.69, 9.17) is 11.6 Å². The number of hydrogen-bond acceptors (Lipinski definition) is 3. The first-order chi connectivity index (χ1) is 11.8. The summed E-state index contributed by atoms with van der Waals surface area (Å²) in [6.45, 7) is 0.455. The minimum Gasteiger partial charge on any atom is -0.334 e. The molecule has 0 saturated heterocycles. The average Bonchev–Trinajstić information content (AvgIpc) is 2.59. The summed E-state index contributed by atoms with van der Waals surface area (Å²) in [5, 5.41) is 6.02. The average molecular weight is 382 g/mol. The van der Waals surface area contributed by atoms with E-state index in [0.717, 1.165) is 9.87 Å². The molecule has 2 N–H and O–H groups in total. The van der Waals surface area contributed by atoms with Gasteiger partial charge < -0.3 is 10.6 Å². The molecule has 0 heterocycles. The van der Waals surface area contributed by atoms with Gasteiger partial charge in [0.05, 0.1) is 4.90 Å². The van der Waals surface area contributed by atoms with Crippen LogP contribution in [0.3, 0.4) is 0 Å². The van der Waals surface area contributed by atoms with E-state index in [1.807, 2.05) is 12.1 Å². The Kier molecular flexibility index (Phi) is 6.41. The molecule has 0 radical (unpaired) electrons. The fourth-order valence-electron chi connectivity index (χ4n) is 2.12. The molecule has 6 nitrogen and oxygen atoms in total. The van der Waals surface area contributed by atoms with Crippen LogP contribution < -0.4 is 10.6 Å². The van der Waals surface area contributed by atoms with Gasteiger partial charge in [-0.15, -0.1) is 0 Å². The van der Waals surface area contributed by atoms with Crippen LogP contribution in [0.4, 0.5) is 4.79 Å². The molecule has 0 bridgehead atoms. The molecule has 8 heteroatoms. The van der Waals surface area contributed by atoms with Gasteiger partial charge in [-0.05, 0) is 29.3 Å². The number of nitrogens with one attached hydrogen (secondary N) is 2. The molecular weight excluding hydrogens is 362 g/mol. The van der Waals surface area contributed by atoms with Gasteiger partial charge in [0.1, 0.15) is 0 Å². The van der Waals surface area contributed by atoms with Crippen molar-refractivity contribution in [2.24, 2.45) is 0 Å². The quantitative estimate of drug-likeness (QED) is 0.807. The third kappa shape index (κ3) is 5.19. The van der Waals surface area contributed by atoms with Crippen LogP contribution in [0.15, 0.2) is 53.4 Å². The molecule has 0 spiro atoms. The first kappa shape index (κ1) is 19.2. The molecule has 0 aliphatic heterocycles. The van der Waals surface area contributed by atoms with Crippen molar-refractivity contribution in [3.63, 3.8) is 0 Å². The molecule has 0 fully saturated rings. The van der Waals surface area contributed by atoms with E-state index in [1.165, 1.54) is 20.2 Å². The second-order valence-corrected chi connectivity index (χ2v) is 8.11. The Hall–Kier alpha value is -2.09. The van der Waals surface area contributed by atoms with Gasteiger partial charge in [0.25, 0.3) is 0 Å². The van der Waals surface area contributed by atoms with E-state index in [-0.39, 0.29) is 17.5 Å². The smallest absolute Gasteiger partial charge is 0.315 e. The van der Waals surface area contributed by atoms with Crippen LogP contribution >= 0.6 is 11.6 Å². The Morgan fingerprint density at radius 1 is 1.00 bits per heavy atom. The maximum absolute atomic E-state index is 12.3. The fraction of sp³-hybridized carbons (Fsp3) is 0.235. The molecule has 0 atom stereocenters. The van der Waals surface area contributed by atoms with Crippen molar-refractivity contribution in [1.29, 1.82) is 0 Å². The highest BCUT2D eigenvalue weighted by Crippen LogP contribution is 2.18. The minimum absolute atomic E-state index is 0.107. The third-order valence-corrected chi connectivity index (χ3v) is 5.70. The van der Waals surface area contributed by atoms with Crippen LogP contribution in [0.5, 0.6) is 0 Å². The zero-order valence-electron chi connectivity index (χ0n) is 14.0. The van der Waals surface area contributed by atoms with Crippen molar-refractivity contribution < 1.29 is 13.2 Å². The van der Waals surface area contributed by atoms with Crippen molar-refractivity contribution in [2.75, 3.05) is 14.1 Å². The van der Waals surface area contributed by atoms with Crippen LogP contribution in [0, 0.1) is 0 Å². The topological polar surface area (TPSA) is 78.5 Å². The van der Waals surface area contributed by atoms with Gasteiger partial charge in [0, 0.05) is 32.2 Å². The third-order valence-electron chi connectivity index (χ3n) is 3.54. The predicted octanol–water partition coefficient (Wildman–Crippen LogP) is 2.59. The van der Waals surface area contributed by atoms with Crippen LogP contribution in [0.25, 0.3) is 0 Å². The number of hydrogen-bond donors (Lipinski definition) is 2. The molecule has 2 aromatic rings. The number of sulfonamides is 1. The molecule has 0 unspecified atom stereocenters. The number of amides is 2. The molecule has 25 heavy (non-hydrogen) atoms. The number of nitrogens with zero attached hydrogens (tertiary/aromatic N) is 1. The number of rotatable bonds is 6. The van der Waals surface area contributed by atoms with Crippen molar-refractivity contribution in [3.8, 4) is 0 Å². The van der Waals surface area contributed by atoms with Crippen LogP contribution in [-0.4, -0.2) is 32.8 Å². The standard InChI is InChI=1S/C17H20ClN3O3S/c1-21(2)25(23,24)16-6-4-3-5-14(16)12-20-17(22)19-11-13-7-9-15(18)10-8-13/h3-10H,11-12H2,1-2H3,(H2,19,20,22). The first-order valence-corrected chi connectivity index (χ1v) is 9.39. The SMILES string of the molecule is CN(C)S(=O)(=O)c1ccccc1CNC(=O)NCc1ccc(Cl)cc1. The first-order valence-electron chi connectivity index (χ1n) is 7.57. The summed E-state index contributed by atoms with van der Waals surface area (Å²) in [5.41, 5.74) is 1.44. The van der Waals surface area contributed by atoms with E-state index in [1.54, 1.807) is 30.3 Å². The van der Waals surface area contributed by atoms with Gasteiger partial charge in [-0.1, -0.05) is 41.9 Å². The molecule has 2 amide bonds. The molecule has 134 valence electrons. The molecule has 0 aliphatic carbocycles. The molecule has 0 aliphatic rings. The summed E-state index contributed by atoms with van der Waals surface area (Å²) in [5.74, 6) is 0. The van der Waals surface area contributed by atoms with Gasteiger partial charge in [0.2, 0.25) is 10.0 Å². The summed E-state index contributed by atoms with van der Waals surface area (Å²) >= 11 is 5.81. The summed E-state index contributed by atoms with van der Waals surface area (Å²) in [6, 6.07) is 13.3. The lowest BCUT2D eigenvalue weighted by molar-refractivity contribution is 0.240. The van der Waals surface area contributed by atoms with Crippen molar-refractivity contribution in [3.05, 3.63) is 64.7 Å². The fourth-order valence-corrected chi connectivity index (χ4v) is 3.36. The van der Waals surface area contributed by atoms with E-state index < -0.39 is 10.0 Å². The Labute approximate surface area is 152 Å². The summed E-state index contributed by atoms with van der Waals surface area (Å²) < 4.78 is 25.8. The van der Waals surface area contributed by atoms with Crippen LogP contribution in [0.1, 0.15) is 11.1 Å². The van der Waals surface area contributed by atoms with Gasteiger partial charge in [-0.25, -0.2) is 17.5 Å². The van der Waals surface area contributed by atoms with Gasteiger partial charge >= 0.3 is 6.03 Å². The zero-order valence-corrected chi connectivity index (χ0v) is 15.6. The van der Waals surface area contributed by atoms with Crippen molar-refractivity contribution in [2.45, 2.75) is 18.0 Å². The number of carbonyl (C=O) groups excluding carboxylic acids is 1. The zero-order chi connectivity index (χ0) is 18.4. The Morgan fingerprint density at radius 3 is 2.24 bits per heavy atom. The van der Waals surface area contributed by atoms with E-state index in [9.17, 15) is 13.2 Å². The second-order valence-electron chi connectivity index (χ2n) is 5.56. The number of urea groups is 1. The lowest BCUT2D eigenvalue weighted by Gasteiger charge is -2.15. The Morgan fingerprint density at radius 2 is 1.60 bits per heavy atom. The Balaban J connectivity index is 1.97. The molecule has 0 saturated carbocycles. The lowest BCUT2D eigenvalue weighted by atomic mass is 10.2. The van der Waals surface area contributed by atoms with E-state index in [0.29, 0.717) is 17.1 Å². The summed E-state index contributed by atoms with van der Waals surface area (Å²) in [7, 11) is -0.624. The number of halogens is 1. The van der Waals surface area contributed by atoms with E-state index in [2.05, 4.69) is 10.6 Å². The molecule has 2 rings (SSSR count). The predicted molar refractivity (Wildman–Crippen MR) is 97.8 cm³/mol. The van der Waals surface area contributed by atoms with E-state index >= 15 is 0 Å². The Bertz CT molecular complexity index is 836. The largest absolute Gasteiger partial charge is 0.334 e. The maximum atomic E-state index is 12.3. The highest BCUT2D eigenvalue weighted by molar-refractivity contribution is 7.89. The van der Waals surface area contributed by atoms with Crippen molar-refractivity contribution in [1.82, 2.24) is 14.9 Å². The highest BCUT2D eigenvalue weighted by Gasteiger charge is 2.20. The van der Waals surface area contributed by atoms with Crippen LogP contribution in [-0.2, 0) is 23.1 Å². The normalized spacial score (nSPS) is 11.4. The summed E-state index contributed by atoms with van der Waals surface area (Å²) in [6.07, 6.45) is 0. The summed E-state index contributed by atoms with van der Waals surface area (Å²) in [4.78, 5) is 12.1. The molecule has 2 aromatic carbocycles. The van der Waals surface area contributed by atoms with Gasteiger partial charge in [-0.2, -0.15) is 0 Å². The highest BCUT2D eigenvalue weighted by atomic mass is 35.5. The molecule has 0 aromatic heterocycles. The van der Waals surface area contributed by atoms with Gasteiger partial charge in [-0.3, -0.25) is 0 Å². The molecular formula is C17H20ClN3O3S. The maximum Gasteiger partial charge on any atom is 0.315 e. The number of carbonyl (C=O) groups is 1. The second kappa shape index (κ2) is 8.33. The monoisotopic (exact) mass is 381 g/mol. The minimum atomic E-state index is -3.57. The van der Waals surface area contributed by atoms with Crippen LogP contribution in [0.2, 0.25) is 5.02 Å². The lowest BCUT2D eigenvalue weighted by Crippen LogP contribution is -2.35. The van der Waals surface area contributed by atoms with Crippen molar-refractivity contribution >= 4 is 27.7 Å². The van der Waals surface area contributed by atoms with Gasteiger partial charge in [0.15, 0.2) is 0 Å². The number of benzene rings is 2.